The Morgan fingerprint density at radius 1 is 1.05 bits per heavy atom. The van der Waals surface area contributed by atoms with Gasteiger partial charge in [0.2, 0.25) is 5.91 Å². The van der Waals surface area contributed by atoms with E-state index in [0.717, 1.165) is 24.8 Å². The molecule has 0 radical (unpaired) electrons. The summed E-state index contributed by atoms with van der Waals surface area (Å²) in [6.07, 6.45) is 6.21. The number of nitrogens with one attached hydrogen (secondary N) is 1. The van der Waals surface area contributed by atoms with E-state index in [4.69, 9.17) is 0 Å². The molecule has 0 saturated carbocycles. The van der Waals surface area contributed by atoms with Gasteiger partial charge in [-0.15, -0.1) is 0 Å². The number of rotatable bonds is 4. The van der Waals surface area contributed by atoms with Crippen LogP contribution in [-0.4, -0.2) is 16.9 Å². The van der Waals surface area contributed by atoms with Crippen LogP contribution in [-0.2, 0) is 17.6 Å². The molecule has 1 fully saturated rings. The Kier molecular flexibility index (Phi) is 3.77. The molecule has 2 atom stereocenters. The summed E-state index contributed by atoms with van der Waals surface area (Å²) in [5.74, 6) is 0.252. The number of amides is 1. The first-order valence-electron chi connectivity index (χ1n) is 7.04. The predicted octanol–water partition coefficient (Wildman–Crippen LogP) is 2.37. The van der Waals surface area contributed by atoms with Crippen molar-refractivity contribution in [2.75, 3.05) is 0 Å². The second-order valence-corrected chi connectivity index (χ2v) is 5.39. The fourth-order valence-corrected chi connectivity index (χ4v) is 2.84. The van der Waals surface area contributed by atoms with Gasteiger partial charge in [-0.2, -0.15) is 0 Å². The topological polar surface area (TPSA) is 42.0 Å². The number of hydrogen-bond donors (Lipinski definition) is 1. The van der Waals surface area contributed by atoms with Crippen LogP contribution >= 0.6 is 0 Å². The first kappa shape index (κ1) is 12.9. The molecule has 2 aromatic rings. The lowest BCUT2D eigenvalue weighted by Crippen LogP contribution is -2.28. The Hall–Kier alpha value is -2.16. The highest BCUT2D eigenvalue weighted by Gasteiger charge is 2.31. The molecule has 1 aliphatic rings. The minimum atomic E-state index is 0.0768. The molecule has 1 N–H and O–H groups in total. The maximum atomic E-state index is 12.0. The van der Waals surface area contributed by atoms with Gasteiger partial charge in [-0.3, -0.25) is 9.78 Å². The second-order valence-electron chi connectivity index (χ2n) is 5.39. The molecule has 1 amide bonds. The van der Waals surface area contributed by atoms with Gasteiger partial charge < -0.3 is 5.32 Å². The molecule has 102 valence electrons. The van der Waals surface area contributed by atoms with Crippen LogP contribution in [0.4, 0.5) is 0 Å². The third-order valence-corrected chi connectivity index (χ3v) is 3.82. The van der Waals surface area contributed by atoms with Crippen LogP contribution in [0.1, 0.15) is 17.5 Å². The lowest BCUT2D eigenvalue weighted by molar-refractivity contribution is -0.122. The number of benzene rings is 1. The zero-order valence-electron chi connectivity index (χ0n) is 11.3. The lowest BCUT2D eigenvalue weighted by Gasteiger charge is -2.09. The number of carbonyl (C=O) groups is 1. The Labute approximate surface area is 119 Å². The van der Waals surface area contributed by atoms with Crippen molar-refractivity contribution in [1.82, 2.24) is 10.3 Å². The maximum absolute atomic E-state index is 12.0. The number of aromatic nitrogens is 1. The van der Waals surface area contributed by atoms with Crippen molar-refractivity contribution >= 4 is 5.91 Å². The van der Waals surface area contributed by atoms with E-state index in [1.807, 2.05) is 36.5 Å². The summed E-state index contributed by atoms with van der Waals surface area (Å²) in [7, 11) is 0. The minimum absolute atomic E-state index is 0.0768. The van der Waals surface area contributed by atoms with E-state index in [1.165, 1.54) is 5.56 Å². The van der Waals surface area contributed by atoms with Crippen molar-refractivity contribution in [2.45, 2.75) is 25.3 Å². The van der Waals surface area contributed by atoms with Crippen LogP contribution < -0.4 is 5.32 Å². The summed E-state index contributed by atoms with van der Waals surface area (Å²) >= 11 is 0. The zero-order chi connectivity index (χ0) is 13.8. The number of hydrogen-bond acceptors (Lipinski definition) is 2. The monoisotopic (exact) mass is 266 g/mol. The molecular formula is C17H18N2O. The summed E-state index contributed by atoms with van der Waals surface area (Å²) in [5, 5.41) is 3.11. The molecule has 0 spiro atoms. The summed E-state index contributed by atoms with van der Waals surface area (Å²) in [4.78, 5) is 16.2. The normalized spacial score (nSPS) is 21.7. The quantitative estimate of drug-likeness (QED) is 0.923. The summed E-state index contributed by atoms with van der Waals surface area (Å²) in [5.41, 5.74) is 2.41. The molecule has 20 heavy (non-hydrogen) atoms. The molecule has 1 aliphatic heterocycles. The van der Waals surface area contributed by atoms with Crippen molar-refractivity contribution < 1.29 is 4.79 Å². The molecule has 0 bridgehead atoms. The zero-order valence-corrected chi connectivity index (χ0v) is 11.3. The fraction of sp³-hybridized carbons (Fsp3) is 0.294. The Bertz CT molecular complexity index is 568. The van der Waals surface area contributed by atoms with Crippen LogP contribution in [0.2, 0.25) is 0 Å². The standard InChI is InChI=1S/C17H18N2O/c20-17-15(9-14-7-4-8-18-12-14)11-16(19-17)10-13-5-2-1-3-6-13/h1-8,12,15-16H,9-11H2,(H,19,20)/t15?,16-/m0/s1. The van der Waals surface area contributed by atoms with Gasteiger partial charge >= 0.3 is 0 Å². The molecule has 3 heteroatoms. The Balaban J connectivity index is 1.61. The van der Waals surface area contributed by atoms with Crippen LogP contribution in [0.3, 0.4) is 0 Å². The average Bonchev–Trinajstić information content (AvgIpc) is 2.81. The summed E-state index contributed by atoms with van der Waals surface area (Å²) in [6, 6.07) is 14.5. The average molecular weight is 266 g/mol. The smallest absolute Gasteiger partial charge is 0.223 e. The highest BCUT2D eigenvalue weighted by molar-refractivity contribution is 5.81. The van der Waals surface area contributed by atoms with Crippen LogP contribution in [0.25, 0.3) is 0 Å². The van der Waals surface area contributed by atoms with Gasteiger partial charge in [-0.05, 0) is 36.5 Å². The summed E-state index contributed by atoms with van der Waals surface area (Å²) in [6.45, 7) is 0. The Morgan fingerprint density at radius 2 is 1.85 bits per heavy atom. The van der Waals surface area contributed by atoms with Gasteiger partial charge in [0.1, 0.15) is 0 Å². The van der Waals surface area contributed by atoms with Gasteiger partial charge in [0, 0.05) is 24.4 Å². The number of carbonyl (C=O) groups excluding carboxylic acids is 1. The molecule has 1 aromatic carbocycles. The van der Waals surface area contributed by atoms with Gasteiger partial charge in [-0.25, -0.2) is 0 Å². The van der Waals surface area contributed by atoms with E-state index in [2.05, 4.69) is 22.4 Å². The molecule has 1 aromatic heterocycles. The van der Waals surface area contributed by atoms with Crippen molar-refractivity contribution in [2.24, 2.45) is 5.92 Å². The van der Waals surface area contributed by atoms with Crippen LogP contribution in [0, 0.1) is 5.92 Å². The molecule has 2 heterocycles. The van der Waals surface area contributed by atoms with Crippen molar-refractivity contribution in [3.63, 3.8) is 0 Å². The highest BCUT2D eigenvalue weighted by atomic mass is 16.2. The largest absolute Gasteiger partial charge is 0.353 e. The van der Waals surface area contributed by atoms with E-state index < -0.39 is 0 Å². The molecular weight excluding hydrogens is 248 g/mol. The van der Waals surface area contributed by atoms with Crippen molar-refractivity contribution in [1.29, 1.82) is 0 Å². The first-order chi connectivity index (χ1) is 9.81. The van der Waals surface area contributed by atoms with Gasteiger partial charge in [0.25, 0.3) is 0 Å². The first-order valence-corrected chi connectivity index (χ1v) is 7.04. The van der Waals surface area contributed by atoms with E-state index in [-0.39, 0.29) is 17.9 Å². The van der Waals surface area contributed by atoms with Gasteiger partial charge in [0.15, 0.2) is 0 Å². The fourth-order valence-electron chi connectivity index (χ4n) is 2.84. The van der Waals surface area contributed by atoms with E-state index in [1.54, 1.807) is 6.20 Å². The van der Waals surface area contributed by atoms with Gasteiger partial charge in [-0.1, -0.05) is 36.4 Å². The van der Waals surface area contributed by atoms with Crippen molar-refractivity contribution in [3.8, 4) is 0 Å². The number of pyridine rings is 1. The third-order valence-electron chi connectivity index (χ3n) is 3.82. The predicted molar refractivity (Wildman–Crippen MR) is 78.1 cm³/mol. The van der Waals surface area contributed by atoms with Crippen LogP contribution in [0.5, 0.6) is 0 Å². The number of nitrogens with zero attached hydrogens (tertiary/aromatic N) is 1. The maximum Gasteiger partial charge on any atom is 0.223 e. The molecule has 0 aliphatic carbocycles. The summed E-state index contributed by atoms with van der Waals surface area (Å²) < 4.78 is 0. The minimum Gasteiger partial charge on any atom is -0.353 e. The van der Waals surface area contributed by atoms with Gasteiger partial charge in [0.05, 0.1) is 0 Å². The van der Waals surface area contributed by atoms with E-state index in [0.29, 0.717) is 0 Å². The molecule has 3 rings (SSSR count). The SMILES string of the molecule is O=C1N[C@@H](Cc2ccccc2)CC1Cc1cccnc1. The van der Waals surface area contributed by atoms with E-state index in [9.17, 15) is 4.79 Å². The molecule has 3 nitrogen and oxygen atoms in total. The molecule has 1 saturated heterocycles. The Morgan fingerprint density at radius 3 is 2.60 bits per heavy atom. The molecule has 1 unspecified atom stereocenters. The van der Waals surface area contributed by atoms with E-state index >= 15 is 0 Å². The lowest BCUT2D eigenvalue weighted by atomic mass is 9.95. The third kappa shape index (κ3) is 3.05. The highest BCUT2D eigenvalue weighted by Crippen LogP contribution is 2.22. The van der Waals surface area contributed by atoms with Crippen molar-refractivity contribution in [3.05, 3.63) is 66.0 Å². The second kappa shape index (κ2) is 5.87. The van der Waals surface area contributed by atoms with Crippen LogP contribution in [0.15, 0.2) is 54.9 Å².